The number of rotatable bonds is 1. The first-order valence-electron chi connectivity index (χ1n) is 3.81. The van der Waals surface area contributed by atoms with Crippen molar-refractivity contribution in [2.24, 2.45) is 0 Å². The molecular weight excluding hydrogens is 160 g/mol. The Bertz CT molecular complexity index is 199. The largest absolute Gasteiger partial charge is 0.458 e. The van der Waals surface area contributed by atoms with Crippen LogP contribution in [-0.4, -0.2) is 34.5 Å². The average molecular weight is 172 g/mol. The second-order valence-electron chi connectivity index (χ2n) is 2.83. The van der Waals surface area contributed by atoms with Crippen molar-refractivity contribution in [3.63, 3.8) is 0 Å². The minimum Gasteiger partial charge on any atom is -0.458 e. The van der Waals surface area contributed by atoms with Gasteiger partial charge in [-0.05, 0) is 6.08 Å². The molecule has 0 fully saturated rings. The van der Waals surface area contributed by atoms with E-state index in [1.54, 1.807) is 6.08 Å². The number of carbonyl (C=O) groups is 1. The predicted octanol–water partition coefficient (Wildman–Crippen LogP) is -0.400. The molecule has 0 bridgehead atoms. The molecule has 0 amide bonds. The third kappa shape index (κ3) is 2.32. The van der Waals surface area contributed by atoms with Crippen LogP contribution < -0.4 is 0 Å². The van der Waals surface area contributed by atoms with E-state index in [9.17, 15) is 4.79 Å². The van der Waals surface area contributed by atoms with Gasteiger partial charge >= 0.3 is 5.97 Å². The third-order valence-electron chi connectivity index (χ3n) is 1.71. The SMILES string of the molecule is CC(=O)O[C@@H]1C=C[C@@H](O)[C@@H](O)C1. The summed E-state index contributed by atoms with van der Waals surface area (Å²) in [5.74, 6) is -0.381. The summed E-state index contributed by atoms with van der Waals surface area (Å²) in [7, 11) is 0. The maximum atomic E-state index is 10.5. The van der Waals surface area contributed by atoms with Crippen molar-refractivity contribution in [2.45, 2.75) is 31.7 Å². The number of hydrogen-bond acceptors (Lipinski definition) is 4. The summed E-state index contributed by atoms with van der Waals surface area (Å²) in [6.07, 6.45) is 1.20. The van der Waals surface area contributed by atoms with Crippen LogP contribution in [0.1, 0.15) is 13.3 Å². The fraction of sp³-hybridized carbons (Fsp3) is 0.625. The molecule has 0 saturated carbocycles. The van der Waals surface area contributed by atoms with Gasteiger partial charge in [-0.15, -0.1) is 0 Å². The summed E-state index contributed by atoms with van der Waals surface area (Å²) >= 11 is 0. The summed E-state index contributed by atoms with van der Waals surface area (Å²) in [4.78, 5) is 10.5. The van der Waals surface area contributed by atoms with Crippen LogP contribution in [0.2, 0.25) is 0 Å². The van der Waals surface area contributed by atoms with Gasteiger partial charge < -0.3 is 14.9 Å². The zero-order valence-corrected chi connectivity index (χ0v) is 6.80. The predicted molar refractivity (Wildman–Crippen MR) is 41.3 cm³/mol. The van der Waals surface area contributed by atoms with Gasteiger partial charge in [0, 0.05) is 13.3 Å². The van der Waals surface area contributed by atoms with E-state index in [0.717, 1.165) is 0 Å². The molecular formula is C8H12O4. The smallest absolute Gasteiger partial charge is 0.303 e. The molecule has 0 unspecified atom stereocenters. The van der Waals surface area contributed by atoms with E-state index in [1.165, 1.54) is 13.0 Å². The Morgan fingerprint density at radius 3 is 2.67 bits per heavy atom. The number of ether oxygens (including phenoxy) is 1. The van der Waals surface area contributed by atoms with Crippen molar-refractivity contribution in [3.8, 4) is 0 Å². The minimum atomic E-state index is -0.836. The number of carbonyl (C=O) groups excluding carboxylic acids is 1. The van der Waals surface area contributed by atoms with E-state index in [2.05, 4.69) is 0 Å². The highest BCUT2D eigenvalue weighted by Gasteiger charge is 2.24. The van der Waals surface area contributed by atoms with Crippen LogP contribution >= 0.6 is 0 Å². The molecule has 0 aromatic carbocycles. The van der Waals surface area contributed by atoms with Crippen molar-refractivity contribution in [3.05, 3.63) is 12.2 Å². The quantitative estimate of drug-likeness (QED) is 0.417. The summed E-state index contributed by atoms with van der Waals surface area (Å²) in [5, 5.41) is 18.2. The molecule has 0 spiro atoms. The molecule has 4 nitrogen and oxygen atoms in total. The van der Waals surface area contributed by atoms with Crippen LogP contribution in [-0.2, 0) is 9.53 Å². The van der Waals surface area contributed by atoms with Gasteiger partial charge in [0.15, 0.2) is 0 Å². The molecule has 1 rings (SSSR count). The number of esters is 1. The van der Waals surface area contributed by atoms with Gasteiger partial charge in [0.1, 0.15) is 6.10 Å². The zero-order valence-electron chi connectivity index (χ0n) is 6.80. The fourth-order valence-corrected chi connectivity index (χ4v) is 1.12. The molecule has 1 aliphatic carbocycles. The van der Waals surface area contributed by atoms with Crippen molar-refractivity contribution >= 4 is 5.97 Å². The van der Waals surface area contributed by atoms with E-state index in [-0.39, 0.29) is 12.4 Å². The van der Waals surface area contributed by atoms with Crippen molar-refractivity contribution < 1.29 is 19.7 Å². The number of aliphatic hydroxyl groups excluding tert-OH is 2. The zero-order chi connectivity index (χ0) is 9.14. The molecule has 0 heterocycles. The number of hydrogen-bond donors (Lipinski definition) is 2. The molecule has 12 heavy (non-hydrogen) atoms. The Balaban J connectivity index is 2.49. The van der Waals surface area contributed by atoms with E-state index < -0.39 is 18.3 Å². The van der Waals surface area contributed by atoms with Crippen LogP contribution in [0.15, 0.2) is 12.2 Å². The van der Waals surface area contributed by atoms with Gasteiger partial charge in [-0.2, -0.15) is 0 Å². The van der Waals surface area contributed by atoms with Gasteiger partial charge in [-0.1, -0.05) is 6.08 Å². The third-order valence-corrected chi connectivity index (χ3v) is 1.71. The van der Waals surface area contributed by atoms with Gasteiger partial charge in [0.2, 0.25) is 0 Å². The van der Waals surface area contributed by atoms with Gasteiger partial charge in [0.25, 0.3) is 0 Å². The Hall–Kier alpha value is -0.870. The molecule has 0 saturated heterocycles. The van der Waals surface area contributed by atoms with Crippen molar-refractivity contribution in [1.29, 1.82) is 0 Å². The molecule has 3 atom stereocenters. The molecule has 2 N–H and O–H groups in total. The van der Waals surface area contributed by atoms with Crippen molar-refractivity contribution in [1.82, 2.24) is 0 Å². The topological polar surface area (TPSA) is 66.8 Å². The van der Waals surface area contributed by atoms with E-state index in [4.69, 9.17) is 14.9 Å². The highest BCUT2D eigenvalue weighted by atomic mass is 16.5. The van der Waals surface area contributed by atoms with Crippen LogP contribution in [0.5, 0.6) is 0 Å². The first kappa shape index (κ1) is 9.22. The lowest BCUT2D eigenvalue weighted by Gasteiger charge is -2.24. The average Bonchev–Trinajstić information content (AvgIpc) is 1.96. The Kier molecular flexibility index (Phi) is 2.83. The van der Waals surface area contributed by atoms with Crippen molar-refractivity contribution in [2.75, 3.05) is 0 Å². The van der Waals surface area contributed by atoms with Gasteiger partial charge in [-0.3, -0.25) is 4.79 Å². The summed E-state index contributed by atoms with van der Waals surface area (Å²) < 4.78 is 4.81. The summed E-state index contributed by atoms with van der Waals surface area (Å²) in [6.45, 7) is 1.31. The van der Waals surface area contributed by atoms with Gasteiger partial charge in [0.05, 0.1) is 12.2 Å². The molecule has 0 aliphatic heterocycles. The minimum absolute atomic E-state index is 0.261. The Morgan fingerprint density at radius 2 is 2.17 bits per heavy atom. The van der Waals surface area contributed by atoms with Gasteiger partial charge in [-0.25, -0.2) is 0 Å². The summed E-state index contributed by atoms with van der Waals surface area (Å²) in [6, 6.07) is 0. The van der Waals surface area contributed by atoms with Crippen LogP contribution in [0, 0.1) is 0 Å². The molecule has 4 heteroatoms. The first-order valence-corrected chi connectivity index (χ1v) is 3.81. The molecule has 1 aliphatic rings. The van der Waals surface area contributed by atoms with E-state index >= 15 is 0 Å². The maximum absolute atomic E-state index is 10.5. The standard InChI is InChI=1S/C8H12O4/c1-5(9)12-6-2-3-7(10)8(11)4-6/h2-3,6-8,10-11H,4H2,1H3/t6-,7-,8+/m1/s1. The second kappa shape index (κ2) is 3.69. The second-order valence-corrected chi connectivity index (χ2v) is 2.83. The normalized spacial score (nSPS) is 34.8. The first-order chi connectivity index (χ1) is 5.59. The monoisotopic (exact) mass is 172 g/mol. The highest BCUT2D eigenvalue weighted by molar-refractivity contribution is 5.66. The van der Waals surface area contributed by atoms with Crippen LogP contribution in [0.3, 0.4) is 0 Å². The molecule has 68 valence electrons. The lowest BCUT2D eigenvalue weighted by atomic mass is 10.00. The number of aliphatic hydroxyl groups is 2. The van der Waals surface area contributed by atoms with Crippen LogP contribution in [0.4, 0.5) is 0 Å². The Labute approximate surface area is 70.5 Å². The molecule has 0 radical (unpaired) electrons. The lowest BCUT2D eigenvalue weighted by molar-refractivity contribution is -0.146. The molecule has 0 aromatic heterocycles. The van der Waals surface area contributed by atoms with E-state index in [0.29, 0.717) is 0 Å². The molecule has 0 aromatic rings. The Morgan fingerprint density at radius 1 is 1.50 bits per heavy atom. The maximum Gasteiger partial charge on any atom is 0.303 e. The highest BCUT2D eigenvalue weighted by Crippen LogP contribution is 2.15. The van der Waals surface area contributed by atoms with Crippen LogP contribution in [0.25, 0.3) is 0 Å². The summed E-state index contributed by atoms with van der Waals surface area (Å²) in [5.41, 5.74) is 0. The fourth-order valence-electron chi connectivity index (χ4n) is 1.12. The lowest BCUT2D eigenvalue weighted by Crippen LogP contribution is -2.33. The van der Waals surface area contributed by atoms with E-state index in [1.807, 2.05) is 0 Å².